The Kier molecular flexibility index (Phi) is 5.82. The minimum atomic E-state index is -3.81. The number of nitrogens with zero attached hydrogens (tertiary/aromatic N) is 2. The lowest BCUT2D eigenvalue weighted by molar-refractivity contribution is -0.142. The van der Waals surface area contributed by atoms with Gasteiger partial charge in [-0.1, -0.05) is 34.8 Å². The van der Waals surface area contributed by atoms with Gasteiger partial charge in [-0.15, -0.1) is 0 Å². The number of hydrogen-bond acceptors (Lipinski definition) is 4. The van der Waals surface area contributed by atoms with Gasteiger partial charge < -0.3 is 9.64 Å². The molecular formula is C15H17Cl3N2O4S. The first kappa shape index (κ1) is 19.2. The fourth-order valence-corrected chi connectivity index (χ4v) is 5.36. The molecule has 0 spiro atoms. The Bertz CT molecular complexity index is 773. The average molecular weight is 428 g/mol. The molecule has 3 rings (SSSR count). The maximum atomic E-state index is 12.8. The van der Waals surface area contributed by atoms with Gasteiger partial charge in [-0.25, -0.2) is 8.42 Å². The summed E-state index contributed by atoms with van der Waals surface area (Å²) in [5.74, 6) is -0.0675. The Labute approximate surface area is 161 Å². The Hall–Kier alpha value is -0.570. The first-order valence-corrected chi connectivity index (χ1v) is 10.4. The molecule has 25 heavy (non-hydrogen) atoms. The number of rotatable bonds is 3. The van der Waals surface area contributed by atoms with Gasteiger partial charge in [0.2, 0.25) is 10.0 Å². The van der Waals surface area contributed by atoms with Crippen molar-refractivity contribution in [1.29, 1.82) is 0 Å². The molecule has 10 heteroatoms. The summed E-state index contributed by atoms with van der Waals surface area (Å²) in [7, 11) is -3.81. The highest BCUT2D eigenvalue weighted by atomic mass is 35.5. The second-order valence-corrected chi connectivity index (χ2v) is 9.06. The lowest BCUT2D eigenvalue weighted by Crippen LogP contribution is -2.52. The number of carbonyl (C=O) groups excluding carboxylic acids is 1. The van der Waals surface area contributed by atoms with Gasteiger partial charge in [0.15, 0.2) is 0 Å². The van der Waals surface area contributed by atoms with Crippen LogP contribution in [0.5, 0.6) is 0 Å². The Morgan fingerprint density at radius 2 is 1.68 bits per heavy atom. The maximum Gasteiger partial charge on any atom is 0.251 e. The van der Waals surface area contributed by atoms with Crippen molar-refractivity contribution in [2.75, 3.05) is 32.8 Å². The van der Waals surface area contributed by atoms with Crippen molar-refractivity contribution in [3.05, 3.63) is 27.2 Å². The van der Waals surface area contributed by atoms with E-state index in [2.05, 4.69) is 0 Å². The monoisotopic (exact) mass is 426 g/mol. The third kappa shape index (κ3) is 3.91. The second-order valence-electron chi connectivity index (χ2n) is 5.93. The molecule has 0 saturated carbocycles. The second kappa shape index (κ2) is 7.58. The average Bonchev–Trinajstić information content (AvgIpc) is 3.12. The predicted octanol–water partition coefficient (Wildman–Crippen LogP) is 2.66. The molecule has 138 valence electrons. The van der Waals surface area contributed by atoms with Crippen LogP contribution >= 0.6 is 34.8 Å². The van der Waals surface area contributed by atoms with Gasteiger partial charge in [0, 0.05) is 32.8 Å². The van der Waals surface area contributed by atoms with Crippen LogP contribution in [0.1, 0.15) is 12.8 Å². The van der Waals surface area contributed by atoms with Gasteiger partial charge in [-0.2, -0.15) is 4.31 Å². The molecular weight excluding hydrogens is 411 g/mol. The van der Waals surface area contributed by atoms with E-state index in [1.165, 1.54) is 16.4 Å². The fraction of sp³-hybridized carbons (Fsp3) is 0.533. The van der Waals surface area contributed by atoms with Gasteiger partial charge in [0.1, 0.15) is 11.0 Å². The number of hydrogen-bond donors (Lipinski definition) is 0. The minimum absolute atomic E-state index is 0.0206. The molecule has 0 aromatic heterocycles. The molecule has 0 aliphatic carbocycles. The van der Waals surface area contributed by atoms with Crippen LogP contribution in [0.3, 0.4) is 0 Å². The molecule has 2 saturated heterocycles. The van der Waals surface area contributed by atoms with Gasteiger partial charge in [0.25, 0.3) is 5.91 Å². The summed E-state index contributed by atoms with van der Waals surface area (Å²) in [5, 5.41) is 0.335. The highest BCUT2D eigenvalue weighted by Gasteiger charge is 2.35. The molecule has 0 bridgehead atoms. The molecule has 0 unspecified atom stereocenters. The van der Waals surface area contributed by atoms with Crippen molar-refractivity contribution in [2.45, 2.75) is 23.8 Å². The van der Waals surface area contributed by atoms with Crippen molar-refractivity contribution < 1.29 is 17.9 Å². The highest BCUT2D eigenvalue weighted by molar-refractivity contribution is 7.89. The Morgan fingerprint density at radius 3 is 2.28 bits per heavy atom. The number of piperazine rings is 1. The largest absolute Gasteiger partial charge is 0.368 e. The topological polar surface area (TPSA) is 66.9 Å². The van der Waals surface area contributed by atoms with E-state index in [-0.39, 0.29) is 39.0 Å². The standard InChI is InChI=1S/C15H17Cl3N2O4S/c16-10-8-12(18)14(9-11(10)17)25(22,23)20-5-3-19(4-6-20)15(21)13-2-1-7-24-13/h8-9,13H,1-7H2/t13-/m0/s1. The first-order chi connectivity index (χ1) is 11.8. The molecule has 2 heterocycles. The van der Waals surface area contributed by atoms with Crippen LogP contribution in [0.25, 0.3) is 0 Å². The molecule has 6 nitrogen and oxygen atoms in total. The van der Waals surface area contributed by atoms with Crippen molar-refractivity contribution in [3.8, 4) is 0 Å². The van der Waals surface area contributed by atoms with Gasteiger partial charge in [-0.05, 0) is 25.0 Å². The van der Waals surface area contributed by atoms with Crippen molar-refractivity contribution in [2.24, 2.45) is 0 Å². The van der Waals surface area contributed by atoms with Crippen LogP contribution in [0, 0.1) is 0 Å². The summed E-state index contributed by atoms with van der Waals surface area (Å²) in [5.41, 5.74) is 0. The molecule has 1 amide bonds. The smallest absolute Gasteiger partial charge is 0.251 e. The van der Waals surface area contributed by atoms with E-state index in [9.17, 15) is 13.2 Å². The van der Waals surface area contributed by atoms with Crippen molar-refractivity contribution >= 4 is 50.7 Å². The zero-order chi connectivity index (χ0) is 18.2. The predicted molar refractivity (Wildman–Crippen MR) is 95.8 cm³/mol. The van der Waals surface area contributed by atoms with Gasteiger partial charge in [0.05, 0.1) is 15.1 Å². The van der Waals surface area contributed by atoms with Crippen molar-refractivity contribution in [1.82, 2.24) is 9.21 Å². The minimum Gasteiger partial charge on any atom is -0.368 e. The van der Waals surface area contributed by atoms with Crippen LogP contribution in [-0.2, 0) is 19.6 Å². The van der Waals surface area contributed by atoms with E-state index in [0.717, 1.165) is 12.8 Å². The van der Waals surface area contributed by atoms with Gasteiger partial charge in [-0.3, -0.25) is 4.79 Å². The Balaban J connectivity index is 1.71. The highest BCUT2D eigenvalue weighted by Crippen LogP contribution is 2.33. The van der Waals surface area contributed by atoms with Crippen LogP contribution in [0.4, 0.5) is 0 Å². The number of ether oxygens (including phenoxy) is 1. The summed E-state index contributed by atoms with van der Waals surface area (Å²) in [6.07, 6.45) is 1.20. The zero-order valence-electron chi connectivity index (χ0n) is 13.3. The lowest BCUT2D eigenvalue weighted by Gasteiger charge is -2.35. The van der Waals surface area contributed by atoms with Crippen LogP contribution in [0.15, 0.2) is 17.0 Å². The molecule has 1 aromatic carbocycles. The molecule has 0 N–H and O–H groups in total. The molecule has 0 radical (unpaired) electrons. The fourth-order valence-electron chi connectivity index (χ4n) is 2.97. The van der Waals surface area contributed by atoms with E-state index in [0.29, 0.717) is 19.7 Å². The van der Waals surface area contributed by atoms with Gasteiger partial charge >= 0.3 is 0 Å². The normalized spacial score (nSPS) is 22.4. The lowest BCUT2D eigenvalue weighted by atomic mass is 10.2. The van der Waals surface area contributed by atoms with E-state index >= 15 is 0 Å². The maximum absolute atomic E-state index is 12.8. The van der Waals surface area contributed by atoms with Crippen LogP contribution in [0.2, 0.25) is 15.1 Å². The SMILES string of the molecule is O=C([C@@H]1CCCO1)N1CCN(S(=O)(=O)c2cc(Cl)c(Cl)cc2Cl)CC1. The summed E-state index contributed by atoms with van der Waals surface area (Å²) >= 11 is 17.8. The van der Waals surface area contributed by atoms with Crippen molar-refractivity contribution in [3.63, 3.8) is 0 Å². The third-order valence-electron chi connectivity index (χ3n) is 4.35. The molecule has 1 atom stereocenters. The molecule has 2 aliphatic heterocycles. The van der Waals surface area contributed by atoms with Crippen LogP contribution in [-0.4, -0.2) is 62.4 Å². The number of halogens is 3. The molecule has 2 fully saturated rings. The number of amides is 1. The quantitative estimate of drug-likeness (QED) is 0.696. The van der Waals surface area contributed by atoms with Crippen LogP contribution < -0.4 is 0 Å². The Morgan fingerprint density at radius 1 is 1.04 bits per heavy atom. The summed E-state index contributed by atoms with van der Waals surface area (Å²) < 4.78 is 32.3. The first-order valence-electron chi connectivity index (χ1n) is 7.86. The number of carbonyl (C=O) groups is 1. The zero-order valence-corrected chi connectivity index (χ0v) is 16.3. The van der Waals surface area contributed by atoms with E-state index in [4.69, 9.17) is 39.5 Å². The summed E-state index contributed by atoms with van der Waals surface area (Å²) in [6.45, 7) is 1.61. The molecule has 1 aromatic rings. The third-order valence-corrected chi connectivity index (χ3v) is 7.43. The summed E-state index contributed by atoms with van der Waals surface area (Å²) in [4.78, 5) is 13.9. The summed E-state index contributed by atoms with van der Waals surface area (Å²) in [6, 6.07) is 2.57. The molecule has 2 aliphatic rings. The van der Waals surface area contributed by atoms with E-state index in [1.807, 2.05) is 0 Å². The van der Waals surface area contributed by atoms with E-state index in [1.54, 1.807) is 4.90 Å². The van der Waals surface area contributed by atoms with E-state index < -0.39 is 16.1 Å². The number of benzene rings is 1. The number of sulfonamides is 1.